The minimum absolute atomic E-state index is 0.156. The Morgan fingerprint density at radius 1 is 1.19 bits per heavy atom. The van der Waals surface area contributed by atoms with Crippen molar-refractivity contribution in [2.45, 2.75) is 25.8 Å². The Hall–Kier alpha value is -3.38. The van der Waals surface area contributed by atoms with Crippen molar-refractivity contribution in [2.75, 3.05) is 37.4 Å². The Labute approximate surface area is 189 Å². The number of carbonyl (C=O) groups is 1. The van der Waals surface area contributed by atoms with Crippen LogP contribution in [0.3, 0.4) is 0 Å². The first kappa shape index (κ1) is 21.8. The number of pyridine rings is 1. The molecule has 6 nitrogen and oxygen atoms in total. The molecule has 2 N–H and O–H groups in total. The van der Waals surface area contributed by atoms with Gasteiger partial charge in [-0.2, -0.15) is 0 Å². The Balaban J connectivity index is 1.55. The number of benzene rings is 2. The topological polar surface area (TPSA) is 68.7 Å². The second-order valence-corrected chi connectivity index (χ2v) is 8.32. The second kappa shape index (κ2) is 9.40. The molecule has 1 unspecified atom stereocenters. The smallest absolute Gasteiger partial charge is 0.337 e. The van der Waals surface area contributed by atoms with E-state index in [2.05, 4.69) is 83.6 Å². The molecule has 0 fully saturated rings. The maximum absolute atomic E-state index is 11.5. The molecule has 3 aromatic rings. The molecule has 0 bridgehead atoms. The van der Waals surface area contributed by atoms with Gasteiger partial charge in [0.15, 0.2) is 0 Å². The van der Waals surface area contributed by atoms with Crippen LogP contribution in [-0.4, -0.2) is 48.1 Å². The van der Waals surface area contributed by atoms with Crippen LogP contribution in [0.4, 0.5) is 17.1 Å². The van der Waals surface area contributed by atoms with Gasteiger partial charge in [-0.25, -0.2) is 4.79 Å². The fourth-order valence-electron chi connectivity index (χ4n) is 4.33. The number of aryl methyl sites for hydroxylation is 1. The Morgan fingerprint density at radius 3 is 2.66 bits per heavy atom. The lowest BCUT2D eigenvalue weighted by Crippen LogP contribution is -2.36. The van der Waals surface area contributed by atoms with E-state index in [0.717, 1.165) is 19.4 Å². The number of nitrogens with one attached hydrogen (secondary N) is 1. The maximum Gasteiger partial charge on any atom is 0.337 e. The van der Waals surface area contributed by atoms with Crippen LogP contribution in [0.1, 0.15) is 40.0 Å². The molecule has 166 valence electrons. The number of fused-ring (bicyclic) bond motifs is 1. The molecule has 1 aliphatic heterocycles. The van der Waals surface area contributed by atoms with E-state index in [0.29, 0.717) is 12.2 Å². The van der Waals surface area contributed by atoms with E-state index >= 15 is 0 Å². The first-order valence-corrected chi connectivity index (χ1v) is 11.0. The second-order valence-electron chi connectivity index (χ2n) is 8.32. The third-order valence-corrected chi connectivity index (χ3v) is 6.41. The van der Waals surface area contributed by atoms with Crippen molar-refractivity contribution in [1.29, 1.82) is 0 Å². The van der Waals surface area contributed by atoms with Crippen LogP contribution >= 0.6 is 0 Å². The van der Waals surface area contributed by atoms with Gasteiger partial charge >= 0.3 is 5.97 Å². The highest BCUT2D eigenvalue weighted by atomic mass is 16.4. The summed E-state index contributed by atoms with van der Waals surface area (Å²) in [6.45, 7) is 3.74. The Bertz CT molecular complexity index is 1100. The standard InChI is InChI=1S/C26H30N4O2/c1-4-18-5-7-20(8-6-18)30(3)21-9-10-22-19(15-21)12-14-29(2)25(22)17-28-24-16-27-13-11-23(24)26(31)32/h5-11,13,15-16,25,28H,4,12,14,17H2,1-3H3,(H,31,32). The summed E-state index contributed by atoms with van der Waals surface area (Å²) >= 11 is 0. The van der Waals surface area contributed by atoms with Gasteiger partial charge in [-0.15, -0.1) is 0 Å². The zero-order chi connectivity index (χ0) is 22.7. The molecule has 2 aromatic carbocycles. The van der Waals surface area contributed by atoms with Crippen molar-refractivity contribution in [3.63, 3.8) is 0 Å². The lowest BCUT2D eigenvalue weighted by Gasteiger charge is -2.35. The summed E-state index contributed by atoms with van der Waals surface area (Å²) in [7, 11) is 4.22. The minimum atomic E-state index is -0.952. The predicted molar refractivity (Wildman–Crippen MR) is 129 cm³/mol. The summed E-state index contributed by atoms with van der Waals surface area (Å²) in [4.78, 5) is 20.1. The number of aromatic nitrogens is 1. The van der Waals surface area contributed by atoms with Crippen molar-refractivity contribution in [1.82, 2.24) is 9.88 Å². The van der Waals surface area contributed by atoms with Gasteiger partial charge in [-0.05, 0) is 66.9 Å². The zero-order valence-corrected chi connectivity index (χ0v) is 18.9. The van der Waals surface area contributed by atoms with E-state index < -0.39 is 5.97 Å². The summed E-state index contributed by atoms with van der Waals surface area (Å²) < 4.78 is 0. The van der Waals surface area contributed by atoms with Crippen LogP contribution in [0.5, 0.6) is 0 Å². The largest absolute Gasteiger partial charge is 0.478 e. The Morgan fingerprint density at radius 2 is 1.94 bits per heavy atom. The lowest BCUT2D eigenvalue weighted by atomic mass is 9.92. The van der Waals surface area contributed by atoms with Crippen molar-refractivity contribution in [3.05, 3.63) is 83.2 Å². The van der Waals surface area contributed by atoms with E-state index in [1.807, 2.05) is 0 Å². The molecule has 0 spiro atoms. The number of aromatic carboxylic acids is 1. The van der Waals surface area contributed by atoms with Gasteiger partial charge in [-0.3, -0.25) is 9.88 Å². The summed E-state index contributed by atoms with van der Waals surface area (Å²) in [5.41, 5.74) is 7.10. The fourth-order valence-corrected chi connectivity index (χ4v) is 4.33. The third kappa shape index (κ3) is 4.46. The summed E-state index contributed by atoms with van der Waals surface area (Å²) in [5, 5.41) is 12.7. The molecule has 2 heterocycles. The maximum atomic E-state index is 11.5. The van der Waals surface area contributed by atoms with Gasteiger partial charge in [0, 0.05) is 37.7 Å². The quantitative estimate of drug-likeness (QED) is 0.564. The molecular formula is C26H30N4O2. The molecule has 1 aliphatic rings. The number of hydrogen-bond donors (Lipinski definition) is 2. The van der Waals surface area contributed by atoms with E-state index in [1.54, 1.807) is 6.20 Å². The van der Waals surface area contributed by atoms with Crippen molar-refractivity contribution >= 4 is 23.0 Å². The molecule has 0 aliphatic carbocycles. The molecule has 4 rings (SSSR count). The number of likely N-dealkylation sites (N-methyl/N-ethyl adjacent to an activating group) is 1. The van der Waals surface area contributed by atoms with E-state index in [1.165, 1.54) is 40.3 Å². The number of rotatable bonds is 7. The number of carboxylic acids is 1. The van der Waals surface area contributed by atoms with Gasteiger partial charge in [0.2, 0.25) is 0 Å². The SMILES string of the molecule is CCc1ccc(N(C)c2ccc3c(c2)CCN(C)C3CNc2cnccc2C(=O)O)cc1. The fraction of sp³-hybridized carbons (Fsp3) is 0.308. The molecule has 0 saturated heterocycles. The van der Waals surface area contributed by atoms with E-state index in [9.17, 15) is 9.90 Å². The predicted octanol–water partition coefficient (Wildman–Crippen LogP) is 4.75. The van der Waals surface area contributed by atoms with Crippen LogP contribution in [0.2, 0.25) is 0 Å². The molecule has 6 heteroatoms. The van der Waals surface area contributed by atoms with Gasteiger partial charge in [0.1, 0.15) is 0 Å². The lowest BCUT2D eigenvalue weighted by molar-refractivity contribution is 0.0697. The highest BCUT2D eigenvalue weighted by Gasteiger charge is 2.25. The normalized spacial score (nSPS) is 15.8. The average Bonchev–Trinajstić information content (AvgIpc) is 2.83. The monoisotopic (exact) mass is 430 g/mol. The van der Waals surface area contributed by atoms with Crippen molar-refractivity contribution < 1.29 is 9.90 Å². The minimum Gasteiger partial charge on any atom is -0.478 e. The van der Waals surface area contributed by atoms with E-state index in [4.69, 9.17) is 0 Å². The van der Waals surface area contributed by atoms with Crippen molar-refractivity contribution in [3.8, 4) is 0 Å². The zero-order valence-electron chi connectivity index (χ0n) is 18.9. The molecule has 1 aromatic heterocycles. The summed E-state index contributed by atoms with van der Waals surface area (Å²) in [6.07, 6.45) is 5.12. The van der Waals surface area contributed by atoms with Crippen LogP contribution < -0.4 is 10.2 Å². The van der Waals surface area contributed by atoms with Crippen molar-refractivity contribution in [2.24, 2.45) is 0 Å². The number of hydrogen-bond acceptors (Lipinski definition) is 5. The molecule has 0 radical (unpaired) electrons. The third-order valence-electron chi connectivity index (χ3n) is 6.41. The molecule has 0 amide bonds. The molecule has 1 atom stereocenters. The highest BCUT2D eigenvalue weighted by Crippen LogP contribution is 2.33. The molecule has 0 saturated carbocycles. The number of anilines is 3. The van der Waals surface area contributed by atoms with E-state index in [-0.39, 0.29) is 11.6 Å². The van der Waals surface area contributed by atoms with Crippen LogP contribution in [0, 0.1) is 0 Å². The summed E-state index contributed by atoms with van der Waals surface area (Å²) in [5.74, 6) is -0.952. The van der Waals surface area contributed by atoms with Crippen LogP contribution in [0.15, 0.2) is 60.9 Å². The van der Waals surface area contributed by atoms with Crippen LogP contribution in [0.25, 0.3) is 0 Å². The van der Waals surface area contributed by atoms with Gasteiger partial charge < -0.3 is 15.3 Å². The van der Waals surface area contributed by atoms with Gasteiger partial charge in [0.25, 0.3) is 0 Å². The molecule has 32 heavy (non-hydrogen) atoms. The van der Waals surface area contributed by atoms with Crippen LogP contribution in [-0.2, 0) is 12.8 Å². The first-order valence-electron chi connectivity index (χ1n) is 11.0. The average molecular weight is 431 g/mol. The Kier molecular flexibility index (Phi) is 6.42. The highest BCUT2D eigenvalue weighted by molar-refractivity contribution is 5.93. The van der Waals surface area contributed by atoms with Gasteiger partial charge in [-0.1, -0.05) is 25.1 Å². The number of nitrogens with zero attached hydrogens (tertiary/aromatic N) is 3. The molecular weight excluding hydrogens is 400 g/mol. The van der Waals surface area contributed by atoms with Gasteiger partial charge in [0.05, 0.1) is 23.5 Å². The first-order chi connectivity index (χ1) is 15.5. The summed E-state index contributed by atoms with van der Waals surface area (Å²) in [6, 6.07) is 17.1. The number of carboxylic acid groups (broad SMARTS) is 1.